The number of amides is 2. The van der Waals surface area contributed by atoms with Crippen LogP contribution in [0.5, 0.6) is 0 Å². The predicted molar refractivity (Wildman–Crippen MR) is 95.6 cm³/mol. The van der Waals surface area contributed by atoms with Crippen molar-refractivity contribution >= 4 is 23.4 Å². The van der Waals surface area contributed by atoms with Crippen LogP contribution in [-0.4, -0.2) is 29.8 Å². The molecule has 0 aromatic heterocycles. The third-order valence-corrected chi connectivity index (χ3v) is 4.20. The van der Waals surface area contributed by atoms with E-state index in [1.54, 1.807) is 43.3 Å². The first-order chi connectivity index (χ1) is 11.9. The van der Waals surface area contributed by atoms with Crippen molar-refractivity contribution in [3.63, 3.8) is 0 Å². The van der Waals surface area contributed by atoms with Crippen LogP contribution >= 0.6 is 11.6 Å². The molecule has 2 amide bonds. The van der Waals surface area contributed by atoms with Crippen LogP contribution in [0, 0.1) is 5.82 Å². The maximum absolute atomic E-state index is 13.1. The fourth-order valence-corrected chi connectivity index (χ4v) is 2.58. The Hall–Kier alpha value is -2.40. The maximum atomic E-state index is 13.1. The summed E-state index contributed by atoms with van der Waals surface area (Å²) in [4.78, 5) is 26.3. The number of rotatable bonds is 6. The number of likely N-dealkylation sites (N-methyl/N-ethyl adjacent to an activating group) is 1. The molecule has 4 nitrogen and oxygen atoms in total. The van der Waals surface area contributed by atoms with E-state index in [-0.39, 0.29) is 30.6 Å². The van der Waals surface area contributed by atoms with Gasteiger partial charge in [0.15, 0.2) is 0 Å². The first kappa shape index (κ1) is 18.9. The smallest absolute Gasteiger partial charge is 0.242 e. The van der Waals surface area contributed by atoms with E-state index < -0.39 is 6.04 Å². The Morgan fingerprint density at radius 3 is 2.20 bits per heavy atom. The summed E-state index contributed by atoms with van der Waals surface area (Å²) in [5, 5.41) is 3.15. The predicted octanol–water partition coefficient (Wildman–Crippen LogP) is 3.18. The lowest BCUT2D eigenvalue weighted by atomic mass is 10.1. The highest BCUT2D eigenvalue weighted by Crippen LogP contribution is 2.15. The number of nitrogens with zero attached hydrogens (tertiary/aromatic N) is 1. The van der Waals surface area contributed by atoms with E-state index in [2.05, 4.69) is 5.32 Å². The van der Waals surface area contributed by atoms with E-state index in [0.29, 0.717) is 5.02 Å². The summed E-state index contributed by atoms with van der Waals surface area (Å²) < 4.78 is 13.1. The second-order valence-electron chi connectivity index (χ2n) is 5.74. The topological polar surface area (TPSA) is 49.4 Å². The minimum absolute atomic E-state index is 0.152. The van der Waals surface area contributed by atoms with E-state index in [0.717, 1.165) is 11.1 Å². The third-order valence-electron chi connectivity index (χ3n) is 3.95. The summed E-state index contributed by atoms with van der Waals surface area (Å²) in [6.45, 7) is 1.89. The largest absolute Gasteiger partial charge is 0.357 e. The lowest BCUT2D eigenvalue weighted by molar-refractivity contribution is -0.139. The number of benzene rings is 2. The van der Waals surface area contributed by atoms with Gasteiger partial charge in [0.25, 0.3) is 0 Å². The first-order valence-corrected chi connectivity index (χ1v) is 8.28. The van der Waals surface area contributed by atoms with Crippen molar-refractivity contribution in [2.24, 2.45) is 0 Å². The summed E-state index contributed by atoms with van der Waals surface area (Å²) in [7, 11) is 1.53. The second kappa shape index (κ2) is 8.62. The SMILES string of the molecule is CNC(=O)[C@@H](C)N(Cc1ccc(F)cc1)C(=O)Cc1ccc(Cl)cc1. The second-order valence-corrected chi connectivity index (χ2v) is 6.18. The average Bonchev–Trinajstić information content (AvgIpc) is 2.61. The minimum Gasteiger partial charge on any atom is -0.357 e. The fourth-order valence-electron chi connectivity index (χ4n) is 2.46. The van der Waals surface area contributed by atoms with E-state index >= 15 is 0 Å². The number of halogens is 2. The standard InChI is InChI=1S/C19H20ClFN2O2/c1-13(19(25)22-2)23(12-15-5-9-17(21)10-6-15)18(24)11-14-3-7-16(20)8-4-14/h3-10,13H,11-12H2,1-2H3,(H,22,25)/t13-/m1/s1. The Morgan fingerprint density at radius 1 is 1.08 bits per heavy atom. The molecule has 0 aliphatic rings. The van der Waals surface area contributed by atoms with Crippen LogP contribution in [-0.2, 0) is 22.6 Å². The number of carbonyl (C=O) groups is 2. The molecule has 0 radical (unpaired) electrons. The Bertz CT molecular complexity index is 732. The normalized spacial score (nSPS) is 11.7. The van der Waals surface area contributed by atoms with E-state index in [4.69, 9.17) is 11.6 Å². The van der Waals surface area contributed by atoms with Crippen molar-refractivity contribution in [2.75, 3.05) is 7.05 Å². The molecule has 1 N–H and O–H groups in total. The van der Waals surface area contributed by atoms with Gasteiger partial charge in [-0.05, 0) is 42.3 Å². The molecule has 0 heterocycles. The molecule has 0 saturated carbocycles. The van der Waals surface area contributed by atoms with Gasteiger partial charge in [0.1, 0.15) is 11.9 Å². The zero-order chi connectivity index (χ0) is 18.4. The molecule has 0 aliphatic heterocycles. The highest BCUT2D eigenvalue weighted by atomic mass is 35.5. The molecular formula is C19H20ClFN2O2. The molecule has 2 aromatic rings. The molecule has 2 rings (SSSR count). The number of hydrogen-bond donors (Lipinski definition) is 1. The molecule has 2 aromatic carbocycles. The molecule has 1 atom stereocenters. The summed E-state index contributed by atoms with van der Waals surface area (Å²) in [5.74, 6) is -0.795. The van der Waals surface area contributed by atoms with Gasteiger partial charge in [0.05, 0.1) is 6.42 Å². The van der Waals surface area contributed by atoms with Gasteiger partial charge in [-0.25, -0.2) is 4.39 Å². The Labute approximate surface area is 151 Å². The van der Waals surface area contributed by atoms with Gasteiger partial charge in [-0.1, -0.05) is 35.9 Å². The van der Waals surface area contributed by atoms with Crippen molar-refractivity contribution in [1.82, 2.24) is 10.2 Å². The van der Waals surface area contributed by atoms with Gasteiger partial charge < -0.3 is 10.2 Å². The molecule has 0 saturated heterocycles. The van der Waals surface area contributed by atoms with Crippen molar-refractivity contribution < 1.29 is 14.0 Å². The van der Waals surface area contributed by atoms with Crippen LogP contribution in [0.3, 0.4) is 0 Å². The van der Waals surface area contributed by atoms with E-state index in [9.17, 15) is 14.0 Å². The summed E-state index contributed by atoms with van der Waals surface area (Å²) in [6.07, 6.45) is 0.152. The highest BCUT2D eigenvalue weighted by molar-refractivity contribution is 6.30. The molecular weight excluding hydrogens is 343 g/mol. The molecule has 0 bridgehead atoms. The molecule has 0 unspecified atom stereocenters. The molecule has 25 heavy (non-hydrogen) atoms. The van der Waals surface area contributed by atoms with Crippen molar-refractivity contribution in [3.05, 3.63) is 70.5 Å². The summed E-state index contributed by atoms with van der Waals surface area (Å²) >= 11 is 5.86. The van der Waals surface area contributed by atoms with Gasteiger partial charge in [-0.15, -0.1) is 0 Å². The molecule has 6 heteroatoms. The summed E-state index contributed by atoms with van der Waals surface area (Å²) in [6, 6.07) is 12.2. The van der Waals surface area contributed by atoms with Gasteiger partial charge >= 0.3 is 0 Å². The lowest BCUT2D eigenvalue weighted by Crippen LogP contribution is -2.47. The van der Waals surface area contributed by atoms with E-state index in [1.807, 2.05) is 0 Å². The quantitative estimate of drug-likeness (QED) is 0.858. The van der Waals surface area contributed by atoms with Gasteiger partial charge in [-0.2, -0.15) is 0 Å². The fraction of sp³-hybridized carbons (Fsp3) is 0.263. The number of carbonyl (C=O) groups excluding carboxylic acids is 2. The van der Waals surface area contributed by atoms with Crippen LogP contribution in [0.4, 0.5) is 4.39 Å². The van der Waals surface area contributed by atoms with Gasteiger partial charge in [0.2, 0.25) is 11.8 Å². The molecule has 0 spiro atoms. The van der Waals surface area contributed by atoms with Crippen molar-refractivity contribution in [3.8, 4) is 0 Å². The van der Waals surface area contributed by atoms with Crippen LogP contribution in [0.15, 0.2) is 48.5 Å². The highest BCUT2D eigenvalue weighted by Gasteiger charge is 2.25. The Morgan fingerprint density at radius 2 is 1.64 bits per heavy atom. The molecule has 0 aliphatic carbocycles. The minimum atomic E-state index is -0.644. The zero-order valence-electron chi connectivity index (χ0n) is 14.1. The van der Waals surface area contributed by atoms with Crippen molar-refractivity contribution in [2.45, 2.75) is 25.9 Å². The summed E-state index contributed by atoms with van der Waals surface area (Å²) in [5.41, 5.74) is 1.56. The maximum Gasteiger partial charge on any atom is 0.242 e. The number of hydrogen-bond acceptors (Lipinski definition) is 2. The monoisotopic (exact) mass is 362 g/mol. The van der Waals surface area contributed by atoms with Gasteiger partial charge in [0, 0.05) is 18.6 Å². The zero-order valence-corrected chi connectivity index (χ0v) is 14.9. The Kier molecular flexibility index (Phi) is 6.53. The van der Waals surface area contributed by atoms with Crippen LogP contribution in [0.2, 0.25) is 5.02 Å². The number of nitrogens with one attached hydrogen (secondary N) is 1. The lowest BCUT2D eigenvalue weighted by Gasteiger charge is -2.28. The van der Waals surface area contributed by atoms with Crippen molar-refractivity contribution in [1.29, 1.82) is 0 Å². The van der Waals surface area contributed by atoms with Crippen LogP contribution in [0.1, 0.15) is 18.1 Å². The van der Waals surface area contributed by atoms with Crippen LogP contribution < -0.4 is 5.32 Å². The molecule has 0 fully saturated rings. The van der Waals surface area contributed by atoms with Crippen LogP contribution in [0.25, 0.3) is 0 Å². The average molecular weight is 363 g/mol. The van der Waals surface area contributed by atoms with Gasteiger partial charge in [-0.3, -0.25) is 9.59 Å². The third kappa shape index (κ3) is 5.29. The Balaban J connectivity index is 2.20. The van der Waals surface area contributed by atoms with E-state index in [1.165, 1.54) is 24.1 Å². The first-order valence-electron chi connectivity index (χ1n) is 7.90. The molecule has 132 valence electrons.